The van der Waals surface area contributed by atoms with Gasteiger partial charge in [0.2, 0.25) is 5.91 Å². The minimum absolute atomic E-state index is 0.00190. The summed E-state index contributed by atoms with van der Waals surface area (Å²) in [6.45, 7) is 3.51. The van der Waals surface area contributed by atoms with Crippen LogP contribution in [0.15, 0.2) is 42.7 Å². The lowest BCUT2D eigenvalue weighted by Gasteiger charge is -2.20. The van der Waals surface area contributed by atoms with E-state index in [4.69, 9.17) is 4.74 Å². The summed E-state index contributed by atoms with van der Waals surface area (Å²) in [5.74, 6) is -1.84. The Bertz CT molecular complexity index is 1120. The van der Waals surface area contributed by atoms with Crippen LogP contribution >= 0.6 is 0 Å². The summed E-state index contributed by atoms with van der Waals surface area (Å²) in [6, 6.07) is 5.69. The Morgan fingerprint density at radius 2 is 1.84 bits per heavy atom. The Balaban J connectivity index is 1.59. The predicted molar refractivity (Wildman–Crippen MR) is 106 cm³/mol. The molecule has 0 spiro atoms. The molecule has 1 amide bonds. The second-order valence-corrected chi connectivity index (χ2v) is 7.58. The first-order chi connectivity index (χ1) is 14.8. The third-order valence-corrected chi connectivity index (χ3v) is 5.35. The van der Waals surface area contributed by atoms with E-state index in [-0.39, 0.29) is 12.4 Å². The van der Waals surface area contributed by atoms with Crippen LogP contribution < -0.4 is 10.1 Å². The molecule has 31 heavy (non-hydrogen) atoms. The van der Waals surface area contributed by atoms with Gasteiger partial charge in [0.15, 0.2) is 5.75 Å². The molecule has 160 valence electrons. The number of nitrogens with one attached hydrogen (secondary N) is 1. The third-order valence-electron chi connectivity index (χ3n) is 5.35. The van der Waals surface area contributed by atoms with Crippen molar-refractivity contribution in [1.82, 2.24) is 15.0 Å². The van der Waals surface area contributed by atoms with Crippen LogP contribution in [-0.4, -0.2) is 27.5 Å². The van der Waals surface area contributed by atoms with E-state index in [1.54, 1.807) is 13.8 Å². The van der Waals surface area contributed by atoms with Crippen molar-refractivity contribution >= 4 is 11.7 Å². The number of halogens is 3. The van der Waals surface area contributed by atoms with E-state index in [0.29, 0.717) is 29.3 Å². The Hall–Kier alpha value is -3.49. The van der Waals surface area contributed by atoms with Crippen molar-refractivity contribution in [2.24, 2.45) is 5.92 Å². The summed E-state index contributed by atoms with van der Waals surface area (Å²) in [5.41, 5.74) is -0.00201. The molecule has 4 rings (SSSR count). The lowest BCUT2D eigenvalue weighted by Crippen LogP contribution is -2.27. The second-order valence-electron chi connectivity index (χ2n) is 7.58. The van der Waals surface area contributed by atoms with Crippen LogP contribution in [0.2, 0.25) is 0 Å². The second kappa shape index (κ2) is 7.98. The predicted octanol–water partition coefficient (Wildman–Crippen LogP) is 3.88. The van der Waals surface area contributed by atoms with E-state index in [0.717, 1.165) is 12.3 Å². The standard InChI is InChI=1S/C22H19F3N4O2/c1-12-19(10-26-13(2)28-12)31-11-22(14-5-16(24)7-17(25)6-14)8-18(22)21(30)29-20-4-3-15(23)9-27-20/h3-7,9-10,18H,8,11H2,1-2H3,(H,27,29,30)/t18?,22-/m1/s1. The highest BCUT2D eigenvalue weighted by Gasteiger charge is 2.60. The Morgan fingerprint density at radius 1 is 1.10 bits per heavy atom. The monoisotopic (exact) mass is 428 g/mol. The van der Waals surface area contributed by atoms with Crippen molar-refractivity contribution in [3.8, 4) is 5.75 Å². The fourth-order valence-electron chi connectivity index (χ4n) is 3.64. The van der Waals surface area contributed by atoms with Gasteiger partial charge in [0.25, 0.3) is 0 Å². The number of carbonyl (C=O) groups excluding carboxylic acids is 1. The van der Waals surface area contributed by atoms with Gasteiger partial charge in [-0.05, 0) is 50.1 Å². The zero-order valence-electron chi connectivity index (χ0n) is 16.8. The fourth-order valence-corrected chi connectivity index (χ4v) is 3.64. The van der Waals surface area contributed by atoms with Gasteiger partial charge in [-0.3, -0.25) is 4.79 Å². The van der Waals surface area contributed by atoms with E-state index >= 15 is 0 Å². The van der Waals surface area contributed by atoms with Crippen LogP contribution in [-0.2, 0) is 10.2 Å². The quantitative estimate of drug-likeness (QED) is 0.645. The van der Waals surface area contributed by atoms with E-state index < -0.39 is 34.7 Å². The van der Waals surface area contributed by atoms with Crippen molar-refractivity contribution in [2.75, 3.05) is 11.9 Å². The molecule has 0 radical (unpaired) electrons. The number of ether oxygens (including phenoxy) is 1. The first kappa shape index (κ1) is 20.8. The van der Waals surface area contributed by atoms with Crippen LogP contribution in [0.3, 0.4) is 0 Å². The Morgan fingerprint density at radius 3 is 2.48 bits per heavy atom. The minimum atomic E-state index is -0.940. The van der Waals surface area contributed by atoms with E-state index in [1.165, 1.54) is 30.5 Å². The molecular weight excluding hydrogens is 409 g/mol. The highest BCUT2D eigenvalue weighted by Crippen LogP contribution is 2.55. The molecule has 1 fully saturated rings. The van der Waals surface area contributed by atoms with Crippen LogP contribution in [0, 0.1) is 37.2 Å². The largest absolute Gasteiger partial charge is 0.489 e. The molecule has 1 saturated carbocycles. The summed E-state index contributed by atoms with van der Waals surface area (Å²) in [7, 11) is 0. The molecule has 0 saturated heterocycles. The van der Waals surface area contributed by atoms with Crippen molar-refractivity contribution < 1.29 is 22.7 Å². The number of aromatic nitrogens is 3. The van der Waals surface area contributed by atoms with Crippen molar-refractivity contribution in [1.29, 1.82) is 0 Å². The highest BCUT2D eigenvalue weighted by molar-refractivity contribution is 5.95. The fraction of sp³-hybridized carbons (Fsp3) is 0.273. The van der Waals surface area contributed by atoms with Gasteiger partial charge in [0.1, 0.15) is 29.1 Å². The van der Waals surface area contributed by atoms with Gasteiger partial charge >= 0.3 is 0 Å². The molecule has 0 aliphatic heterocycles. The maximum absolute atomic E-state index is 13.9. The molecule has 1 unspecified atom stereocenters. The van der Waals surface area contributed by atoms with Crippen LogP contribution in [0.1, 0.15) is 23.5 Å². The topological polar surface area (TPSA) is 77.0 Å². The Kier molecular flexibility index (Phi) is 5.34. The van der Waals surface area contributed by atoms with Crippen LogP contribution in [0.5, 0.6) is 5.75 Å². The van der Waals surface area contributed by atoms with Crippen molar-refractivity contribution in [3.05, 3.63) is 77.3 Å². The molecular formula is C22H19F3N4O2. The van der Waals surface area contributed by atoms with E-state index in [2.05, 4.69) is 20.3 Å². The molecule has 1 aliphatic rings. The molecule has 9 heteroatoms. The third kappa shape index (κ3) is 4.35. The van der Waals surface area contributed by atoms with E-state index in [9.17, 15) is 18.0 Å². The molecule has 0 bridgehead atoms. The lowest BCUT2D eigenvalue weighted by molar-refractivity contribution is -0.117. The summed E-state index contributed by atoms with van der Waals surface area (Å²) in [6.07, 6.45) is 2.83. The van der Waals surface area contributed by atoms with Gasteiger partial charge in [-0.15, -0.1) is 0 Å². The molecule has 2 heterocycles. The van der Waals surface area contributed by atoms with E-state index in [1.807, 2.05) is 0 Å². The van der Waals surface area contributed by atoms with Gasteiger partial charge in [0, 0.05) is 11.5 Å². The number of rotatable bonds is 6. The molecule has 1 aliphatic carbocycles. The zero-order chi connectivity index (χ0) is 22.2. The number of pyridine rings is 1. The van der Waals surface area contributed by atoms with Crippen LogP contribution in [0.25, 0.3) is 0 Å². The number of hydrogen-bond acceptors (Lipinski definition) is 5. The van der Waals surface area contributed by atoms with Gasteiger partial charge in [-0.25, -0.2) is 28.1 Å². The summed E-state index contributed by atoms with van der Waals surface area (Å²) >= 11 is 0. The van der Waals surface area contributed by atoms with Crippen molar-refractivity contribution in [2.45, 2.75) is 25.7 Å². The summed E-state index contributed by atoms with van der Waals surface area (Å²) < 4.78 is 46.8. The summed E-state index contributed by atoms with van der Waals surface area (Å²) in [4.78, 5) is 25.0. The number of anilines is 1. The molecule has 1 N–H and O–H groups in total. The van der Waals surface area contributed by atoms with Crippen LogP contribution in [0.4, 0.5) is 19.0 Å². The summed E-state index contributed by atoms with van der Waals surface area (Å²) in [5, 5.41) is 2.62. The maximum atomic E-state index is 13.9. The highest BCUT2D eigenvalue weighted by atomic mass is 19.1. The lowest BCUT2D eigenvalue weighted by atomic mass is 9.93. The molecule has 3 aromatic rings. The SMILES string of the molecule is Cc1ncc(OC[C@@]2(c3cc(F)cc(F)c3)CC2C(=O)Nc2ccc(F)cn2)c(C)n1. The number of amides is 1. The molecule has 2 aromatic heterocycles. The average Bonchev–Trinajstić information content (AvgIpc) is 3.44. The smallest absolute Gasteiger partial charge is 0.229 e. The molecule has 1 aromatic carbocycles. The zero-order valence-corrected chi connectivity index (χ0v) is 16.8. The normalized spacial score (nSPS) is 19.7. The number of nitrogens with zero attached hydrogens (tertiary/aromatic N) is 3. The Labute approximate surface area is 176 Å². The van der Waals surface area contributed by atoms with Gasteiger partial charge < -0.3 is 10.1 Å². The van der Waals surface area contributed by atoms with Gasteiger partial charge in [-0.2, -0.15) is 0 Å². The first-order valence-corrected chi connectivity index (χ1v) is 9.59. The molecule has 2 atom stereocenters. The minimum Gasteiger partial charge on any atom is -0.489 e. The number of benzene rings is 1. The number of hydrogen-bond donors (Lipinski definition) is 1. The number of carbonyl (C=O) groups is 1. The first-order valence-electron chi connectivity index (χ1n) is 9.59. The van der Waals surface area contributed by atoms with Gasteiger partial charge in [0.05, 0.1) is 30.6 Å². The number of aryl methyl sites for hydroxylation is 2. The van der Waals surface area contributed by atoms with Gasteiger partial charge in [-0.1, -0.05) is 0 Å². The van der Waals surface area contributed by atoms with Crippen molar-refractivity contribution in [3.63, 3.8) is 0 Å². The maximum Gasteiger partial charge on any atom is 0.229 e. The average molecular weight is 428 g/mol. The molecule has 6 nitrogen and oxygen atoms in total.